The van der Waals surface area contributed by atoms with Crippen molar-refractivity contribution in [3.63, 3.8) is 0 Å². The van der Waals surface area contributed by atoms with Crippen molar-refractivity contribution in [1.29, 1.82) is 0 Å². The number of ketones is 1. The summed E-state index contributed by atoms with van der Waals surface area (Å²) in [6.07, 6.45) is 7.90. The minimum atomic E-state index is -4.43. The third-order valence-corrected chi connectivity index (χ3v) is 22.4. The van der Waals surface area contributed by atoms with E-state index >= 15 is 0 Å². The van der Waals surface area contributed by atoms with Crippen LogP contribution in [0.15, 0.2) is 91.0 Å². The topological polar surface area (TPSA) is 199 Å². The quantitative estimate of drug-likeness (QED) is 0.0190. The van der Waals surface area contributed by atoms with E-state index in [4.69, 9.17) is 23.7 Å². The van der Waals surface area contributed by atoms with Crippen LogP contribution in [0.1, 0.15) is 125 Å². The van der Waals surface area contributed by atoms with Crippen molar-refractivity contribution in [1.82, 2.24) is 4.90 Å². The lowest BCUT2D eigenvalue weighted by molar-refractivity contribution is -0.138. The molecule has 5 aromatic carbocycles. The molecule has 5 aliphatic rings. The number of carbonyl (C=O) groups excluding carboxylic acids is 5. The van der Waals surface area contributed by atoms with Crippen molar-refractivity contribution in [3.8, 4) is 17.2 Å². The molecule has 4 atom stereocenters. The number of nitrogens with zero attached hydrogens (tertiary/aromatic N) is 4. The molecule has 1 fully saturated rings. The number of carbonyl (C=O) groups is 5. The van der Waals surface area contributed by atoms with Crippen molar-refractivity contribution >= 4 is 89.9 Å². The Bertz CT molecular complexity index is 3540. The molecule has 2 unspecified atom stereocenters. The van der Waals surface area contributed by atoms with E-state index in [1.165, 1.54) is 29.3 Å². The van der Waals surface area contributed by atoms with Crippen LogP contribution in [-0.2, 0) is 72.9 Å². The molecule has 0 spiro atoms. The summed E-state index contributed by atoms with van der Waals surface area (Å²) in [6, 6.07) is 29.0. The van der Waals surface area contributed by atoms with E-state index < -0.39 is 27.8 Å². The zero-order chi connectivity index (χ0) is 63.0. The van der Waals surface area contributed by atoms with Gasteiger partial charge in [-0.2, -0.15) is 20.2 Å². The van der Waals surface area contributed by atoms with E-state index in [9.17, 15) is 36.9 Å². The van der Waals surface area contributed by atoms with Crippen molar-refractivity contribution < 1.29 is 60.6 Å². The van der Waals surface area contributed by atoms with E-state index in [0.717, 1.165) is 70.6 Å². The summed E-state index contributed by atoms with van der Waals surface area (Å²) in [5.41, 5.74) is 9.86. The second kappa shape index (κ2) is 29.5. The largest absolute Gasteiger partial charge is 0.493 e. The molecular weight excluding hydrogens is 1210 g/mol. The number of imide groups is 1. The summed E-state index contributed by atoms with van der Waals surface area (Å²) in [5.74, 6) is 0.515. The van der Waals surface area contributed by atoms with Crippen LogP contribution in [0.4, 0.5) is 17.1 Å². The summed E-state index contributed by atoms with van der Waals surface area (Å²) in [4.78, 5) is 74.2. The number of rotatable bonds is 31. The number of Topliss-reactive ketones (excluding diaryl/α,β-unsaturated/α-hetero) is 1. The average Bonchev–Trinajstić information content (AvgIpc) is 1.75. The van der Waals surface area contributed by atoms with Gasteiger partial charge >= 0.3 is 0 Å². The van der Waals surface area contributed by atoms with Gasteiger partial charge in [-0.05, 0) is 172 Å². The molecule has 0 aromatic heterocycles. The van der Waals surface area contributed by atoms with Crippen LogP contribution in [0.25, 0.3) is 0 Å². The highest BCUT2D eigenvalue weighted by Crippen LogP contribution is 2.45. The molecule has 0 radical (unpaired) electrons. The van der Waals surface area contributed by atoms with Gasteiger partial charge in [-0.1, -0.05) is 64.9 Å². The molecule has 4 amide bonds. The Hall–Kier alpha value is -6.07. The first-order valence-corrected chi connectivity index (χ1v) is 36.1. The number of methoxy groups -OCH3 is 1. The second-order valence-corrected chi connectivity index (χ2v) is 30.0. The Kier molecular flexibility index (Phi) is 21.8. The molecule has 17 nitrogen and oxygen atoms in total. The minimum Gasteiger partial charge on any atom is -0.493 e. The molecule has 1 N–H and O–H groups in total. The Morgan fingerprint density at radius 1 is 0.742 bits per heavy atom. The number of hydrogen-bond acceptors (Lipinski definition) is 16. The van der Waals surface area contributed by atoms with Crippen LogP contribution in [0, 0.1) is 12.8 Å². The van der Waals surface area contributed by atoms with Crippen molar-refractivity contribution in [2.24, 2.45) is 5.92 Å². The lowest BCUT2D eigenvalue weighted by Crippen LogP contribution is -2.43. The molecule has 0 bridgehead atoms. The number of para-hydroxylation sites is 2. The zero-order valence-electron chi connectivity index (χ0n) is 51.8. The Balaban J connectivity index is 0.897. The van der Waals surface area contributed by atoms with Crippen molar-refractivity contribution in [3.05, 3.63) is 141 Å². The maximum atomic E-state index is 14.7. The van der Waals surface area contributed by atoms with Gasteiger partial charge in [0.15, 0.2) is 11.5 Å². The molecule has 5 aliphatic heterocycles. The smallest absolute Gasteiger partial charge is 0.265 e. The highest BCUT2D eigenvalue weighted by Gasteiger charge is 2.44. The number of ether oxygens (including phenoxy) is 5. The third-order valence-electron chi connectivity index (χ3n) is 17.3. The van der Waals surface area contributed by atoms with Crippen LogP contribution in [0.5, 0.6) is 17.2 Å². The molecule has 476 valence electrons. The number of amides is 4. The van der Waals surface area contributed by atoms with Crippen LogP contribution in [0.2, 0.25) is 0 Å². The predicted molar refractivity (Wildman–Crippen MR) is 353 cm³/mol. The summed E-state index contributed by atoms with van der Waals surface area (Å²) in [6.45, 7) is 12.1. The van der Waals surface area contributed by atoms with Crippen LogP contribution in [0.3, 0.4) is 0 Å². The van der Waals surface area contributed by atoms with E-state index in [-0.39, 0.29) is 78.1 Å². The minimum absolute atomic E-state index is 0.0115. The standard InChI is InChI=1S/C68H82N4O13S4/c1-7-24-82-26-27-83-25-23-69(43-68(3,4)88-87-28-13-17-54(73)16-12-22-70-64(74)39-63(86-6)67(70)77)53-31-45(40-84-60-36-47-20-21-52-34-48-14-8-10-18-57(48)71(52)65(75)55(47)29-44(60)2)30-46(32-53)41-85-62-37-50-33-51(42-89(78,79)80)59-35-49-15-9-11-19-58(49)72(59)66(76)56(50)38-61(62)81-5/h8-11,14-15,18-19,29-32,36-38,51-52,59,63H,7,12-13,16-17,20-28,33-35,39-43H2,1-6H3,(H,78,79,80)/t51?,52-,59+,63?/m1/s1. The number of benzene rings is 5. The van der Waals surface area contributed by atoms with Crippen LogP contribution >= 0.6 is 33.3 Å². The van der Waals surface area contributed by atoms with Crippen molar-refractivity contribution in [2.75, 3.05) is 85.6 Å². The van der Waals surface area contributed by atoms with Gasteiger partial charge in [0.2, 0.25) is 11.8 Å². The van der Waals surface area contributed by atoms with E-state index in [2.05, 4.69) is 43.9 Å². The number of thioether (sulfide) groups is 1. The highest BCUT2D eigenvalue weighted by atomic mass is 33.1. The molecule has 0 aliphatic carbocycles. The summed E-state index contributed by atoms with van der Waals surface area (Å²) >= 11 is 1.39. The van der Waals surface area contributed by atoms with E-state index in [1.54, 1.807) is 38.6 Å². The molecule has 1 saturated heterocycles. The van der Waals surface area contributed by atoms with Crippen LogP contribution < -0.4 is 28.9 Å². The molecule has 5 aromatic rings. The molecule has 5 heterocycles. The maximum Gasteiger partial charge on any atom is 0.265 e. The number of aryl methyl sites for hydroxylation is 2. The van der Waals surface area contributed by atoms with Gasteiger partial charge in [-0.25, -0.2) is 0 Å². The Labute approximate surface area is 535 Å². The fourth-order valence-electron chi connectivity index (χ4n) is 13.0. The first kappa shape index (κ1) is 65.9. The highest BCUT2D eigenvalue weighted by molar-refractivity contribution is 8.77. The summed E-state index contributed by atoms with van der Waals surface area (Å²) in [7, 11) is 0.579. The molecule has 0 saturated carbocycles. The lowest BCUT2D eigenvalue weighted by atomic mass is 9.91. The lowest BCUT2D eigenvalue weighted by Gasteiger charge is -2.34. The van der Waals surface area contributed by atoms with Gasteiger partial charge < -0.3 is 38.4 Å². The molecule has 10 rings (SSSR count). The fraction of sp³-hybridized carbons (Fsp3) is 0.485. The van der Waals surface area contributed by atoms with Gasteiger partial charge in [-0.3, -0.25) is 33.4 Å². The SMILES string of the molecule is CCCOCCOCCN(CC(C)(C)SSCCCC(=O)CCCN1C(=O)CC(SC)C1=O)c1cc(COc2cc3c(cc2C)C(=O)N2c4ccccc4C[C@H]2CC3)cc(COc2cc3c(cc2OC)C(=O)N2c4ccccc4C[C@H]2C(CS(=O)(=O)O)C3)c1. The fourth-order valence-corrected chi connectivity index (χ4v) is 17.1. The predicted octanol–water partition coefficient (Wildman–Crippen LogP) is 11.3. The maximum absolute atomic E-state index is 14.7. The first-order valence-electron chi connectivity index (χ1n) is 30.9. The monoisotopic (exact) mass is 1290 g/mol. The Morgan fingerprint density at radius 3 is 2.09 bits per heavy atom. The summed E-state index contributed by atoms with van der Waals surface area (Å²) < 4.78 is 66.6. The van der Waals surface area contributed by atoms with Gasteiger partial charge in [0.1, 0.15) is 24.7 Å². The third kappa shape index (κ3) is 16.0. The number of likely N-dealkylation sites (tertiary alicyclic amines) is 1. The second-order valence-electron chi connectivity index (χ2n) is 24.4. The van der Waals surface area contributed by atoms with E-state index in [0.29, 0.717) is 111 Å². The summed E-state index contributed by atoms with van der Waals surface area (Å²) in [5, 5.41) is -0.330. The number of fused-ring (bicyclic) bond motifs is 8. The van der Waals surface area contributed by atoms with Crippen molar-refractivity contribution in [2.45, 2.75) is 134 Å². The van der Waals surface area contributed by atoms with Crippen LogP contribution in [-0.4, -0.2) is 140 Å². The van der Waals surface area contributed by atoms with Gasteiger partial charge in [-0.15, -0.1) is 0 Å². The van der Waals surface area contributed by atoms with E-state index in [1.807, 2.05) is 78.7 Å². The number of hydrogen-bond donors (Lipinski definition) is 1. The average molecular weight is 1290 g/mol. The first-order chi connectivity index (χ1) is 42.8. The number of anilines is 3. The van der Waals surface area contributed by atoms with Gasteiger partial charge in [0.05, 0.1) is 37.9 Å². The molecule has 89 heavy (non-hydrogen) atoms. The zero-order valence-corrected chi connectivity index (χ0v) is 55.1. The van der Waals surface area contributed by atoms with Gasteiger partial charge in [0.25, 0.3) is 21.9 Å². The normalized spacial score (nSPS) is 18.7. The Morgan fingerprint density at radius 2 is 1.39 bits per heavy atom. The van der Waals surface area contributed by atoms with Gasteiger partial charge in [0, 0.05) is 102 Å². The molecule has 21 heteroatoms. The molecular formula is C68H82N4O13S4.